The van der Waals surface area contributed by atoms with Crippen LogP contribution in [-0.2, 0) is 0 Å². The highest BCUT2D eigenvalue weighted by Crippen LogP contribution is 2.42. The van der Waals surface area contributed by atoms with Gasteiger partial charge in [0.1, 0.15) is 11.5 Å². The molecule has 0 aliphatic heterocycles. The van der Waals surface area contributed by atoms with E-state index in [-0.39, 0.29) is 0 Å². The Morgan fingerprint density at radius 1 is 1.10 bits per heavy atom. The summed E-state index contributed by atoms with van der Waals surface area (Å²) in [7, 11) is -1.55. The van der Waals surface area contributed by atoms with Crippen LogP contribution in [0.15, 0.2) is 12.1 Å². The van der Waals surface area contributed by atoms with Crippen LogP contribution in [0.5, 0.6) is 11.5 Å². The van der Waals surface area contributed by atoms with E-state index in [1.165, 1.54) is 36.9 Å². The van der Waals surface area contributed by atoms with Crippen molar-refractivity contribution in [3.8, 4) is 11.5 Å². The number of aromatic hydroxyl groups is 2. The largest absolute Gasteiger partial charge is 0.508 e. The molecule has 3 heteroatoms. The zero-order valence-electron chi connectivity index (χ0n) is 13.1. The van der Waals surface area contributed by atoms with Gasteiger partial charge in [-0.15, -0.1) is 0 Å². The number of unbranched alkanes of at least 4 members (excludes halogenated alkanes) is 1. The zero-order valence-corrected chi connectivity index (χ0v) is 14.1. The first-order valence-electron chi connectivity index (χ1n) is 8.02. The maximum Gasteiger partial charge on any atom is 0.122 e. The molecule has 0 heterocycles. The molecule has 2 N–H and O–H groups in total. The van der Waals surface area contributed by atoms with Gasteiger partial charge >= 0.3 is 0 Å². The van der Waals surface area contributed by atoms with Crippen LogP contribution in [0.1, 0.15) is 56.9 Å². The van der Waals surface area contributed by atoms with E-state index in [2.05, 4.69) is 20.0 Å². The molecule has 1 aliphatic carbocycles. The fourth-order valence-corrected chi connectivity index (χ4v) is 5.99. The molecule has 0 aromatic heterocycles. The Bertz CT molecular complexity index is 439. The molecule has 2 rings (SSSR count). The maximum absolute atomic E-state index is 10.4. The Morgan fingerprint density at radius 2 is 1.65 bits per heavy atom. The monoisotopic (exact) mass is 292 g/mol. The lowest BCUT2D eigenvalue weighted by molar-refractivity contribution is 0.429. The molecule has 0 radical (unpaired) electrons. The van der Waals surface area contributed by atoms with Crippen LogP contribution in [-0.4, -0.2) is 18.3 Å². The van der Waals surface area contributed by atoms with E-state index in [0.717, 1.165) is 18.4 Å². The fraction of sp³-hybridized carbons (Fsp3) is 0.647. The Kier molecular flexibility index (Phi) is 4.79. The fourth-order valence-electron chi connectivity index (χ4n) is 3.41. The van der Waals surface area contributed by atoms with E-state index < -0.39 is 8.07 Å². The molecule has 0 bridgehead atoms. The van der Waals surface area contributed by atoms with Crippen LogP contribution in [0.2, 0.25) is 19.1 Å². The number of rotatable bonds is 5. The summed E-state index contributed by atoms with van der Waals surface area (Å²) in [5.74, 6) is 0.998. The molecule has 1 aliphatic rings. The van der Waals surface area contributed by atoms with Crippen LogP contribution < -0.4 is 5.19 Å². The molecule has 112 valence electrons. The third-order valence-corrected chi connectivity index (χ3v) is 8.29. The van der Waals surface area contributed by atoms with Gasteiger partial charge in [-0.05, 0) is 30.9 Å². The van der Waals surface area contributed by atoms with Crippen molar-refractivity contribution in [2.24, 2.45) is 0 Å². The van der Waals surface area contributed by atoms with Crippen LogP contribution in [0, 0.1) is 0 Å². The standard InChI is InChI=1S/C17H28O2Si/c1-4-5-10-20(2,3)14-11-15(18)17(16(19)12-14)13-8-6-7-9-13/h11-13,18-19H,4-10H2,1-3H3. The Balaban J connectivity index is 2.29. The van der Waals surface area contributed by atoms with Gasteiger partial charge in [0.25, 0.3) is 0 Å². The second kappa shape index (κ2) is 6.21. The molecular formula is C17H28O2Si. The summed E-state index contributed by atoms with van der Waals surface area (Å²) < 4.78 is 0. The van der Waals surface area contributed by atoms with E-state index in [1.54, 1.807) is 0 Å². The van der Waals surface area contributed by atoms with Crippen molar-refractivity contribution in [1.82, 2.24) is 0 Å². The van der Waals surface area contributed by atoms with Crippen LogP contribution in [0.3, 0.4) is 0 Å². The average molecular weight is 292 g/mol. The number of phenols is 2. The minimum atomic E-state index is -1.55. The van der Waals surface area contributed by atoms with E-state index in [9.17, 15) is 10.2 Å². The minimum Gasteiger partial charge on any atom is -0.508 e. The molecule has 1 fully saturated rings. The molecule has 0 spiro atoms. The molecule has 0 amide bonds. The second-order valence-electron chi connectivity index (χ2n) is 6.90. The molecule has 1 aromatic carbocycles. The quantitative estimate of drug-likeness (QED) is 0.786. The Morgan fingerprint density at radius 3 is 2.15 bits per heavy atom. The van der Waals surface area contributed by atoms with E-state index >= 15 is 0 Å². The van der Waals surface area contributed by atoms with Gasteiger partial charge in [-0.2, -0.15) is 0 Å². The highest BCUT2D eigenvalue weighted by atomic mass is 28.3. The highest BCUT2D eigenvalue weighted by Gasteiger charge is 2.28. The van der Waals surface area contributed by atoms with Crippen LogP contribution in [0.25, 0.3) is 0 Å². The first-order valence-corrected chi connectivity index (χ1v) is 11.2. The van der Waals surface area contributed by atoms with Crippen LogP contribution in [0.4, 0.5) is 0 Å². The Labute approximate surface area is 123 Å². The van der Waals surface area contributed by atoms with Gasteiger partial charge in [0.2, 0.25) is 0 Å². The number of hydrogen-bond donors (Lipinski definition) is 2. The minimum absolute atomic E-state index is 0.323. The highest BCUT2D eigenvalue weighted by molar-refractivity contribution is 6.89. The van der Waals surface area contributed by atoms with Gasteiger partial charge in [-0.3, -0.25) is 0 Å². The second-order valence-corrected chi connectivity index (χ2v) is 11.7. The number of hydrogen-bond acceptors (Lipinski definition) is 2. The molecule has 20 heavy (non-hydrogen) atoms. The number of phenolic OH excluding ortho intramolecular Hbond substituents is 2. The first kappa shape index (κ1) is 15.4. The summed E-state index contributed by atoms with van der Waals surface area (Å²) >= 11 is 0. The SMILES string of the molecule is CCCC[Si](C)(C)c1cc(O)c(C2CCCC2)c(O)c1. The average Bonchev–Trinajstić information content (AvgIpc) is 2.89. The third-order valence-electron chi connectivity index (χ3n) is 4.84. The molecule has 1 saturated carbocycles. The molecule has 0 unspecified atom stereocenters. The normalized spacial score (nSPS) is 16.8. The first-order chi connectivity index (χ1) is 9.45. The topological polar surface area (TPSA) is 40.5 Å². The predicted molar refractivity (Wildman–Crippen MR) is 87.8 cm³/mol. The van der Waals surface area contributed by atoms with Crippen molar-refractivity contribution in [1.29, 1.82) is 0 Å². The van der Waals surface area contributed by atoms with Crippen molar-refractivity contribution >= 4 is 13.3 Å². The lowest BCUT2D eigenvalue weighted by Crippen LogP contribution is -2.41. The molecule has 0 atom stereocenters. The van der Waals surface area contributed by atoms with Crippen molar-refractivity contribution in [2.75, 3.05) is 0 Å². The van der Waals surface area contributed by atoms with Gasteiger partial charge in [-0.1, -0.05) is 56.9 Å². The molecule has 2 nitrogen and oxygen atoms in total. The van der Waals surface area contributed by atoms with E-state index in [1.807, 2.05) is 12.1 Å². The molecule has 1 aromatic rings. The van der Waals surface area contributed by atoms with Crippen molar-refractivity contribution in [2.45, 2.75) is 70.5 Å². The third kappa shape index (κ3) is 3.19. The van der Waals surface area contributed by atoms with Crippen molar-refractivity contribution in [3.63, 3.8) is 0 Å². The summed E-state index contributed by atoms with van der Waals surface area (Å²) in [6.45, 7) is 6.86. The lowest BCUT2D eigenvalue weighted by Gasteiger charge is -2.25. The summed E-state index contributed by atoms with van der Waals surface area (Å²) in [5, 5.41) is 22.0. The van der Waals surface area contributed by atoms with E-state index in [4.69, 9.17) is 0 Å². The lowest BCUT2D eigenvalue weighted by atomic mass is 9.96. The van der Waals surface area contributed by atoms with Gasteiger partial charge in [0, 0.05) is 5.56 Å². The van der Waals surface area contributed by atoms with Gasteiger partial charge in [0.15, 0.2) is 0 Å². The van der Waals surface area contributed by atoms with E-state index in [0.29, 0.717) is 17.4 Å². The van der Waals surface area contributed by atoms with Crippen LogP contribution >= 0.6 is 0 Å². The molecular weight excluding hydrogens is 264 g/mol. The Hall–Kier alpha value is -0.963. The predicted octanol–water partition coefficient (Wildman–Crippen LogP) is 4.47. The zero-order chi connectivity index (χ0) is 14.8. The van der Waals surface area contributed by atoms with Crippen molar-refractivity contribution in [3.05, 3.63) is 17.7 Å². The van der Waals surface area contributed by atoms with Gasteiger partial charge < -0.3 is 10.2 Å². The summed E-state index contributed by atoms with van der Waals surface area (Å²) in [6.07, 6.45) is 7.04. The summed E-state index contributed by atoms with van der Waals surface area (Å²) in [5.41, 5.74) is 0.798. The van der Waals surface area contributed by atoms with Gasteiger partial charge in [-0.25, -0.2) is 0 Å². The summed E-state index contributed by atoms with van der Waals surface area (Å²) in [4.78, 5) is 0. The van der Waals surface area contributed by atoms with Crippen molar-refractivity contribution < 1.29 is 10.2 Å². The molecule has 0 saturated heterocycles. The van der Waals surface area contributed by atoms with Gasteiger partial charge in [0.05, 0.1) is 8.07 Å². The maximum atomic E-state index is 10.4. The smallest absolute Gasteiger partial charge is 0.122 e. The summed E-state index contributed by atoms with van der Waals surface area (Å²) in [6, 6.07) is 5.09. The number of benzene rings is 1.